The molecule has 3 rings (SSSR count). The van der Waals surface area contributed by atoms with Crippen LogP contribution in [-0.2, 0) is 6.18 Å². The number of halogens is 4. The van der Waals surface area contributed by atoms with E-state index < -0.39 is 35.1 Å². The van der Waals surface area contributed by atoms with E-state index in [1.165, 1.54) is 12.1 Å². The Bertz CT molecular complexity index is 909. The van der Waals surface area contributed by atoms with Gasteiger partial charge in [-0.1, -0.05) is 28.9 Å². The van der Waals surface area contributed by atoms with E-state index in [2.05, 4.69) is 10.1 Å². The Kier molecular flexibility index (Phi) is 4.41. The van der Waals surface area contributed by atoms with E-state index in [9.17, 15) is 28.0 Å². The van der Waals surface area contributed by atoms with Crippen molar-refractivity contribution in [1.29, 1.82) is 0 Å². The number of oxime groups is 1. The molecule has 0 spiro atoms. The summed E-state index contributed by atoms with van der Waals surface area (Å²) in [6.45, 7) is -0.499. The summed E-state index contributed by atoms with van der Waals surface area (Å²) in [4.78, 5) is 29.0. The first kappa shape index (κ1) is 17.9. The molecule has 2 aromatic rings. The average Bonchev–Trinajstić information content (AvgIpc) is 2.84. The Hall–Kier alpha value is -2.94. The van der Waals surface area contributed by atoms with Crippen LogP contribution in [-0.4, -0.2) is 39.2 Å². The van der Waals surface area contributed by atoms with Gasteiger partial charge in [-0.05, 0) is 18.2 Å². The first-order chi connectivity index (χ1) is 12.2. The van der Waals surface area contributed by atoms with Crippen molar-refractivity contribution in [1.82, 2.24) is 9.88 Å². The minimum Gasteiger partial charge on any atom is -0.411 e. The average molecular weight is 384 g/mol. The number of benzene rings is 1. The van der Waals surface area contributed by atoms with Gasteiger partial charge in [0.2, 0.25) is 0 Å². The van der Waals surface area contributed by atoms with Crippen molar-refractivity contribution in [3.8, 4) is 0 Å². The molecule has 0 atom stereocenters. The Morgan fingerprint density at radius 3 is 2.23 bits per heavy atom. The van der Waals surface area contributed by atoms with E-state index >= 15 is 0 Å². The molecule has 0 bridgehead atoms. The molecule has 0 unspecified atom stereocenters. The van der Waals surface area contributed by atoms with Gasteiger partial charge in [-0.25, -0.2) is 0 Å². The van der Waals surface area contributed by atoms with Crippen LogP contribution in [0.2, 0.25) is 5.02 Å². The number of hydrogen-bond acceptors (Lipinski definition) is 5. The Morgan fingerprint density at radius 1 is 1.19 bits per heavy atom. The second kappa shape index (κ2) is 6.41. The molecule has 2 amide bonds. The van der Waals surface area contributed by atoms with Crippen LogP contribution in [0.5, 0.6) is 0 Å². The molecule has 1 N–H and O–H groups in total. The number of nitrogens with zero attached hydrogens (tertiary/aromatic N) is 3. The Balaban J connectivity index is 1.91. The predicted molar refractivity (Wildman–Crippen MR) is 84.4 cm³/mol. The van der Waals surface area contributed by atoms with Crippen LogP contribution >= 0.6 is 11.6 Å². The quantitative estimate of drug-likeness (QED) is 0.382. The van der Waals surface area contributed by atoms with Crippen molar-refractivity contribution in [3.63, 3.8) is 0 Å². The smallest absolute Gasteiger partial charge is 0.411 e. The zero-order valence-corrected chi connectivity index (χ0v) is 13.5. The van der Waals surface area contributed by atoms with Gasteiger partial charge in [-0.2, -0.15) is 13.2 Å². The third-order valence-electron chi connectivity index (χ3n) is 3.75. The Morgan fingerprint density at radius 2 is 1.77 bits per heavy atom. The van der Waals surface area contributed by atoms with Crippen molar-refractivity contribution >= 4 is 29.1 Å². The van der Waals surface area contributed by atoms with E-state index in [4.69, 9.17) is 11.6 Å². The van der Waals surface area contributed by atoms with Gasteiger partial charge in [0.1, 0.15) is 11.4 Å². The number of pyridine rings is 1. The number of alkyl halides is 3. The molecule has 0 saturated carbocycles. The number of hydrogen-bond donors (Lipinski definition) is 1. The number of carbonyl (C=O) groups excluding carboxylic acids is 2. The summed E-state index contributed by atoms with van der Waals surface area (Å²) in [5.74, 6) is -1.23. The highest BCUT2D eigenvalue weighted by Crippen LogP contribution is 2.31. The molecule has 1 aromatic heterocycles. The highest BCUT2D eigenvalue weighted by molar-refractivity contribution is 6.34. The third-order valence-corrected chi connectivity index (χ3v) is 4.04. The lowest BCUT2D eigenvalue weighted by molar-refractivity contribution is -0.137. The van der Waals surface area contributed by atoms with Crippen molar-refractivity contribution in [3.05, 3.63) is 63.9 Å². The van der Waals surface area contributed by atoms with Gasteiger partial charge in [-0.15, -0.1) is 0 Å². The maximum atomic E-state index is 12.7. The number of carbonyl (C=O) groups is 2. The standard InChI is InChI=1S/C16H9ClF3N3O3/c17-11-5-8(16(18,19)20)6-21-13(11)12(22-26)7-23-14(24)9-3-1-2-4-10(9)15(23)25/h1-6,26H,7H2/b22-12+. The summed E-state index contributed by atoms with van der Waals surface area (Å²) in [5.41, 5.74) is -1.30. The van der Waals surface area contributed by atoms with Gasteiger partial charge in [0, 0.05) is 6.20 Å². The van der Waals surface area contributed by atoms with Gasteiger partial charge in [0.15, 0.2) is 0 Å². The van der Waals surface area contributed by atoms with E-state index in [0.29, 0.717) is 12.3 Å². The topological polar surface area (TPSA) is 82.9 Å². The van der Waals surface area contributed by atoms with Crippen LogP contribution in [0, 0.1) is 0 Å². The summed E-state index contributed by atoms with van der Waals surface area (Å²) in [6, 6.07) is 6.73. The molecule has 1 aliphatic heterocycles. The van der Waals surface area contributed by atoms with E-state index in [-0.39, 0.29) is 22.5 Å². The van der Waals surface area contributed by atoms with Crippen molar-refractivity contribution in [2.45, 2.75) is 6.18 Å². The number of rotatable bonds is 3. The fraction of sp³-hybridized carbons (Fsp3) is 0.125. The first-order valence-corrected chi connectivity index (χ1v) is 7.51. The van der Waals surface area contributed by atoms with E-state index in [1.807, 2.05) is 0 Å². The SMILES string of the molecule is O=C1c2ccccc2C(=O)N1C/C(=N\O)c1ncc(C(F)(F)F)cc1Cl. The minimum absolute atomic E-state index is 0.182. The maximum Gasteiger partial charge on any atom is 0.417 e. The molecule has 0 saturated heterocycles. The maximum absolute atomic E-state index is 12.7. The summed E-state index contributed by atoms with van der Waals surface area (Å²) in [7, 11) is 0. The number of imide groups is 1. The fourth-order valence-corrected chi connectivity index (χ4v) is 2.77. The van der Waals surface area contributed by atoms with Crippen LogP contribution in [0.1, 0.15) is 32.0 Å². The van der Waals surface area contributed by atoms with Gasteiger partial charge in [-0.3, -0.25) is 19.5 Å². The van der Waals surface area contributed by atoms with Crippen LogP contribution in [0.15, 0.2) is 41.7 Å². The predicted octanol–water partition coefficient (Wildman–Crippen LogP) is 3.23. The van der Waals surface area contributed by atoms with Crippen LogP contribution in [0.3, 0.4) is 0 Å². The monoisotopic (exact) mass is 383 g/mol. The molecule has 6 nitrogen and oxygen atoms in total. The lowest BCUT2D eigenvalue weighted by Gasteiger charge is -2.15. The number of amides is 2. The van der Waals surface area contributed by atoms with Crippen LogP contribution in [0.4, 0.5) is 13.2 Å². The van der Waals surface area contributed by atoms with E-state index in [0.717, 1.165) is 4.90 Å². The highest BCUT2D eigenvalue weighted by Gasteiger charge is 2.37. The molecule has 0 fully saturated rings. The summed E-state index contributed by atoms with van der Waals surface area (Å²) < 4.78 is 38.1. The molecule has 26 heavy (non-hydrogen) atoms. The van der Waals surface area contributed by atoms with Gasteiger partial charge >= 0.3 is 6.18 Å². The van der Waals surface area contributed by atoms with Gasteiger partial charge in [0.05, 0.1) is 28.3 Å². The summed E-state index contributed by atoms with van der Waals surface area (Å²) >= 11 is 5.81. The third kappa shape index (κ3) is 3.01. The molecule has 2 heterocycles. The second-order valence-corrected chi connectivity index (χ2v) is 5.75. The van der Waals surface area contributed by atoms with Crippen molar-refractivity contribution in [2.75, 3.05) is 6.54 Å². The molecular weight excluding hydrogens is 375 g/mol. The molecule has 10 heteroatoms. The molecule has 1 aliphatic rings. The summed E-state index contributed by atoms with van der Waals surface area (Å²) in [5, 5.41) is 11.7. The molecule has 1 aromatic carbocycles. The van der Waals surface area contributed by atoms with Gasteiger partial charge < -0.3 is 5.21 Å². The number of fused-ring (bicyclic) bond motifs is 1. The van der Waals surface area contributed by atoms with Crippen molar-refractivity contribution in [2.24, 2.45) is 5.16 Å². The van der Waals surface area contributed by atoms with Crippen LogP contribution in [0.25, 0.3) is 0 Å². The molecule has 134 valence electrons. The zero-order valence-electron chi connectivity index (χ0n) is 12.8. The molecular formula is C16H9ClF3N3O3. The van der Waals surface area contributed by atoms with E-state index in [1.54, 1.807) is 12.1 Å². The van der Waals surface area contributed by atoms with Crippen LogP contribution < -0.4 is 0 Å². The van der Waals surface area contributed by atoms with Crippen molar-refractivity contribution < 1.29 is 28.0 Å². The summed E-state index contributed by atoms with van der Waals surface area (Å²) in [6.07, 6.45) is -4.12. The zero-order chi connectivity index (χ0) is 19.1. The lowest BCUT2D eigenvalue weighted by Crippen LogP contribution is -2.35. The fourth-order valence-electron chi connectivity index (χ4n) is 2.49. The lowest BCUT2D eigenvalue weighted by atomic mass is 10.1. The minimum atomic E-state index is -4.64. The largest absolute Gasteiger partial charge is 0.417 e. The molecule has 0 radical (unpaired) electrons. The Labute approximate surface area is 149 Å². The normalized spacial score (nSPS) is 14.8. The number of aromatic nitrogens is 1. The van der Waals surface area contributed by atoms with Gasteiger partial charge in [0.25, 0.3) is 11.8 Å². The second-order valence-electron chi connectivity index (χ2n) is 5.34. The molecule has 0 aliphatic carbocycles. The highest BCUT2D eigenvalue weighted by atomic mass is 35.5. The first-order valence-electron chi connectivity index (χ1n) is 7.13.